The van der Waals surface area contributed by atoms with Crippen LogP contribution in [0.1, 0.15) is 44.6 Å². The maximum Gasteiger partial charge on any atom is 0.120 e. The summed E-state index contributed by atoms with van der Waals surface area (Å²) in [6, 6.07) is 7.73. The Morgan fingerprint density at radius 1 is 0.963 bits per heavy atom. The van der Waals surface area contributed by atoms with Crippen LogP contribution in [0.15, 0.2) is 72.9 Å². The standard InChI is InChI=1S/C24H32O3/c1-2-3-4-5-6-7-8-9-10-11-14-23(26)19-21-27-24-17-15-22(16-18-24)13-12-20-25/h3-4,7-11,14-18,20,23,26H,2,5-6,12-13,19,21H2,1H3/b4-3-,8-7+,10-9-,14-11+. The third-order valence-electron chi connectivity index (χ3n) is 3.86. The molecule has 0 aromatic heterocycles. The van der Waals surface area contributed by atoms with E-state index >= 15 is 0 Å². The zero-order chi connectivity index (χ0) is 19.6. The smallest absolute Gasteiger partial charge is 0.120 e. The molecule has 0 aliphatic carbocycles. The molecule has 1 N–H and O–H groups in total. The minimum atomic E-state index is -0.523. The van der Waals surface area contributed by atoms with E-state index in [4.69, 9.17) is 4.74 Å². The Morgan fingerprint density at radius 3 is 2.44 bits per heavy atom. The molecule has 3 nitrogen and oxygen atoms in total. The van der Waals surface area contributed by atoms with Crippen LogP contribution >= 0.6 is 0 Å². The van der Waals surface area contributed by atoms with E-state index in [1.807, 2.05) is 48.6 Å². The van der Waals surface area contributed by atoms with Gasteiger partial charge in [0.1, 0.15) is 12.0 Å². The number of aliphatic hydroxyl groups is 1. The predicted molar refractivity (Wildman–Crippen MR) is 113 cm³/mol. The Balaban J connectivity index is 2.17. The second-order valence-electron chi connectivity index (χ2n) is 6.21. The van der Waals surface area contributed by atoms with Gasteiger partial charge in [0.25, 0.3) is 0 Å². The largest absolute Gasteiger partial charge is 0.493 e. The Labute approximate surface area is 163 Å². The average molecular weight is 369 g/mol. The summed E-state index contributed by atoms with van der Waals surface area (Å²) in [7, 11) is 0. The number of hydrogen-bond donors (Lipinski definition) is 1. The molecule has 0 bridgehead atoms. The highest BCUT2D eigenvalue weighted by atomic mass is 16.5. The number of unbranched alkanes of at least 4 members (excludes halogenated alkanes) is 1. The van der Waals surface area contributed by atoms with Crippen LogP contribution in [0.2, 0.25) is 0 Å². The molecule has 1 atom stereocenters. The Morgan fingerprint density at radius 2 is 1.70 bits per heavy atom. The van der Waals surface area contributed by atoms with Crippen molar-refractivity contribution in [3.05, 3.63) is 78.4 Å². The van der Waals surface area contributed by atoms with Crippen LogP contribution < -0.4 is 4.74 Å². The lowest BCUT2D eigenvalue weighted by Gasteiger charge is -2.08. The number of rotatable bonds is 14. The number of carbonyl (C=O) groups excluding carboxylic acids is 1. The van der Waals surface area contributed by atoms with Gasteiger partial charge >= 0.3 is 0 Å². The van der Waals surface area contributed by atoms with E-state index in [1.165, 1.54) is 0 Å². The fraction of sp³-hybridized carbons (Fsp3) is 0.375. The lowest BCUT2D eigenvalue weighted by molar-refractivity contribution is -0.107. The van der Waals surface area contributed by atoms with Crippen molar-refractivity contribution in [2.75, 3.05) is 6.61 Å². The molecule has 3 heteroatoms. The summed E-state index contributed by atoms with van der Waals surface area (Å²) in [4.78, 5) is 10.4. The highest BCUT2D eigenvalue weighted by molar-refractivity contribution is 5.50. The Bertz CT molecular complexity index is 609. The molecule has 1 rings (SSSR count). The Kier molecular flexibility index (Phi) is 13.3. The third-order valence-corrected chi connectivity index (χ3v) is 3.86. The molecule has 0 fully saturated rings. The lowest BCUT2D eigenvalue weighted by atomic mass is 10.1. The van der Waals surface area contributed by atoms with Crippen LogP contribution in [0.25, 0.3) is 0 Å². The lowest BCUT2D eigenvalue weighted by Crippen LogP contribution is -2.09. The van der Waals surface area contributed by atoms with E-state index < -0.39 is 6.10 Å². The summed E-state index contributed by atoms with van der Waals surface area (Å²) in [6.45, 7) is 2.59. The van der Waals surface area contributed by atoms with Gasteiger partial charge in [-0.1, -0.05) is 67.7 Å². The molecule has 146 valence electrons. The number of allylic oxidation sites excluding steroid dienone is 7. The number of aryl methyl sites for hydroxylation is 1. The molecule has 0 aliphatic rings. The van der Waals surface area contributed by atoms with Crippen LogP contribution in [0, 0.1) is 0 Å². The van der Waals surface area contributed by atoms with Gasteiger partial charge in [0.2, 0.25) is 0 Å². The number of hydrogen-bond acceptors (Lipinski definition) is 3. The minimum Gasteiger partial charge on any atom is -0.493 e. The summed E-state index contributed by atoms with van der Waals surface area (Å²) >= 11 is 0. The van der Waals surface area contributed by atoms with Crippen LogP contribution in [-0.2, 0) is 11.2 Å². The number of benzene rings is 1. The van der Waals surface area contributed by atoms with E-state index in [0.717, 1.165) is 43.3 Å². The van der Waals surface area contributed by atoms with Gasteiger partial charge in [-0.15, -0.1) is 0 Å². The maximum atomic E-state index is 10.4. The van der Waals surface area contributed by atoms with Crippen molar-refractivity contribution in [1.29, 1.82) is 0 Å². The fourth-order valence-corrected chi connectivity index (χ4v) is 2.34. The zero-order valence-corrected chi connectivity index (χ0v) is 16.3. The first-order valence-corrected chi connectivity index (χ1v) is 9.74. The zero-order valence-electron chi connectivity index (χ0n) is 16.3. The average Bonchev–Trinajstić information content (AvgIpc) is 2.69. The maximum absolute atomic E-state index is 10.4. The molecule has 0 radical (unpaired) electrons. The van der Waals surface area contributed by atoms with Crippen molar-refractivity contribution in [1.82, 2.24) is 0 Å². The van der Waals surface area contributed by atoms with E-state index in [2.05, 4.69) is 25.2 Å². The van der Waals surface area contributed by atoms with Gasteiger partial charge in [-0.2, -0.15) is 0 Å². The number of aliphatic hydroxyl groups excluding tert-OH is 1. The van der Waals surface area contributed by atoms with Crippen LogP contribution in [0.5, 0.6) is 5.75 Å². The second kappa shape index (κ2) is 15.8. The van der Waals surface area contributed by atoms with Crippen LogP contribution in [0.4, 0.5) is 0 Å². The summed E-state index contributed by atoms with van der Waals surface area (Å²) in [5.74, 6) is 0.778. The topological polar surface area (TPSA) is 46.5 Å². The molecular formula is C24H32O3. The number of ether oxygens (including phenoxy) is 1. The van der Waals surface area contributed by atoms with Gasteiger partial charge in [0.05, 0.1) is 12.7 Å². The SMILES string of the molecule is CC/C=C\CC/C=C/C=C\C=C\C(O)CCOc1ccc(CCC=O)cc1. The first kappa shape index (κ1) is 22.7. The van der Waals surface area contributed by atoms with Crippen molar-refractivity contribution >= 4 is 6.29 Å². The van der Waals surface area contributed by atoms with Gasteiger partial charge in [-0.3, -0.25) is 0 Å². The van der Waals surface area contributed by atoms with Crippen molar-refractivity contribution in [3.63, 3.8) is 0 Å². The normalized spacial score (nSPS) is 13.3. The fourth-order valence-electron chi connectivity index (χ4n) is 2.34. The molecule has 0 saturated carbocycles. The Hall–Kier alpha value is -2.39. The van der Waals surface area contributed by atoms with Gasteiger partial charge in [0, 0.05) is 12.8 Å². The molecule has 1 aromatic carbocycles. The highest BCUT2D eigenvalue weighted by Gasteiger charge is 2.00. The van der Waals surface area contributed by atoms with Gasteiger partial charge in [0.15, 0.2) is 0 Å². The van der Waals surface area contributed by atoms with Crippen molar-refractivity contribution in [2.45, 2.75) is 51.6 Å². The molecule has 0 spiro atoms. The number of carbonyl (C=O) groups is 1. The molecule has 1 unspecified atom stereocenters. The molecule has 27 heavy (non-hydrogen) atoms. The van der Waals surface area contributed by atoms with Gasteiger partial charge in [-0.05, 0) is 43.4 Å². The van der Waals surface area contributed by atoms with Gasteiger partial charge in [-0.25, -0.2) is 0 Å². The van der Waals surface area contributed by atoms with E-state index in [1.54, 1.807) is 6.08 Å². The van der Waals surface area contributed by atoms with Crippen molar-refractivity contribution in [2.24, 2.45) is 0 Å². The quantitative estimate of drug-likeness (QED) is 0.208. The first-order valence-electron chi connectivity index (χ1n) is 9.74. The predicted octanol–water partition coefficient (Wildman–Crippen LogP) is 5.36. The van der Waals surface area contributed by atoms with Crippen LogP contribution in [-0.4, -0.2) is 24.1 Å². The molecular weight excluding hydrogens is 336 g/mol. The van der Waals surface area contributed by atoms with Crippen molar-refractivity contribution in [3.8, 4) is 5.75 Å². The summed E-state index contributed by atoms with van der Waals surface area (Å²) in [5.41, 5.74) is 1.12. The van der Waals surface area contributed by atoms with Crippen LogP contribution in [0.3, 0.4) is 0 Å². The van der Waals surface area contributed by atoms with Crippen molar-refractivity contribution < 1.29 is 14.6 Å². The summed E-state index contributed by atoms with van der Waals surface area (Å²) in [5, 5.41) is 9.93. The second-order valence-corrected chi connectivity index (χ2v) is 6.21. The van der Waals surface area contributed by atoms with E-state index in [0.29, 0.717) is 19.4 Å². The molecule has 0 heterocycles. The number of aldehydes is 1. The van der Waals surface area contributed by atoms with E-state index in [9.17, 15) is 9.90 Å². The molecule has 0 saturated heterocycles. The summed E-state index contributed by atoms with van der Waals surface area (Å²) in [6.07, 6.45) is 21.5. The molecule has 0 aliphatic heterocycles. The highest BCUT2D eigenvalue weighted by Crippen LogP contribution is 2.13. The molecule has 1 aromatic rings. The first-order chi connectivity index (χ1) is 13.3. The monoisotopic (exact) mass is 368 g/mol. The van der Waals surface area contributed by atoms with Gasteiger partial charge < -0.3 is 14.6 Å². The summed E-state index contributed by atoms with van der Waals surface area (Å²) < 4.78 is 5.64. The minimum absolute atomic E-state index is 0.452. The molecule has 0 amide bonds. The van der Waals surface area contributed by atoms with E-state index in [-0.39, 0.29) is 0 Å². The third kappa shape index (κ3) is 12.6.